The van der Waals surface area contributed by atoms with Crippen molar-refractivity contribution in [3.05, 3.63) is 44.5 Å². The SMILES string of the molecule is CCCCCCCCCCC/C=C\CCCC(C(=O)O)[N+](=O)[O-].CCCCCCCCCCC/C=C\CCCC(C(=O)O)[N+](=O)[O-]. The molecular formula is C36H66N2O8. The summed E-state index contributed by atoms with van der Waals surface area (Å²) in [7, 11) is 0. The van der Waals surface area contributed by atoms with Crippen LogP contribution < -0.4 is 0 Å². The molecule has 10 heteroatoms. The van der Waals surface area contributed by atoms with Gasteiger partial charge in [-0.25, -0.2) is 9.59 Å². The van der Waals surface area contributed by atoms with Crippen LogP contribution in [0.15, 0.2) is 24.3 Å². The molecule has 10 nitrogen and oxygen atoms in total. The molecule has 2 atom stereocenters. The molecule has 0 radical (unpaired) electrons. The van der Waals surface area contributed by atoms with E-state index < -0.39 is 33.9 Å². The van der Waals surface area contributed by atoms with Gasteiger partial charge in [0.1, 0.15) is 0 Å². The molecule has 0 aromatic heterocycles. The number of unbranched alkanes of at least 4 members (excludes halogenated alkanes) is 20. The minimum absolute atomic E-state index is 0.102. The Bertz CT molecular complexity index is 722. The highest BCUT2D eigenvalue weighted by Crippen LogP contribution is 2.13. The van der Waals surface area contributed by atoms with Crippen LogP contribution in [0.5, 0.6) is 0 Å². The van der Waals surface area contributed by atoms with Crippen LogP contribution in [0.1, 0.15) is 181 Å². The van der Waals surface area contributed by atoms with Gasteiger partial charge < -0.3 is 10.2 Å². The quantitative estimate of drug-likeness (QED) is 0.0313. The Hall–Kier alpha value is -2.78. The molecule has 268 valence electrons. The van der Waals surface area contributed by atoms with Crippen LogP contribution >= 0.6 is 0 Å². The molecule has 0 aromatic carbocycles. The molecule has 0 saturated carbocycles. The maximum atomic E-state index is 10.6. The van der Waals surface area contributed by atoms with Crippen LogP contribution in [0.25, 0.3) is 0 Å². The van der Waals surface area contributed by atoms with Gasteiger partial charge in [0, 0.05) is 22.7 Å². The molecule has 0 aliphatic carbocycles. The molecule has 2 unspecified atom stereocenters. The molecule has 0 aliphatic heterocycles. The molecule has 0 aromatic rings. The van der Waals surface area contributed by atoms with Gasteiger partial charge in [-0.2, -0.15) is 0 Å². The molecular weight excluding hydrogens is 588 g/mol. The fraction of sp³-hybridized carbons (Fsp3) is 0.833. The Kier molecular flexibility index (Phi) is 34.6. The van der Waals surface area contributed by atoms with E-state index in [9.17, 15) is 29.8 Å². The molecule has 0 bridgehead atoms. The van der Waals surface area contributed by atoms with Crippen molar-refractivity contribution in [3.63, 3.8) is 0 Å². The minimum atomic E-state index is -1.46. The van der Waals surface area contributed by atoms with Crippen LogP contribution in [0.2, 0.25) is 0 Å². The number of rotatable bonds is 32. The Balaban J connectivity index is 0. The molecule has 0 amide bonds. The maximum Gasteiger partial charge on any atom is 0.379 e. The zero-order valence-electron chi connectivity index (χ0n) is 29.1. The van der Waals surface area contributed by atoms with Crippen molar-refractivity contribution in [2.24, 2.45) is 0 Å². The Morgan fingerprint density at radius 1 is 0.478 bits per heavy atom. The average Bonchev–Trinajstić information content (AvgIpc) is 3.00. The molecule has 46 heavy (non-hydrogen) atoms. The predicted molar refractivity (Wildman–Crippen MR) is 187 cm³/mol. The molecule has 2 N–H and O–H groups in total. The summed E-state index contributed by atoms with van der Waals surface area (Å²) < 4.78 is 0. The number of allylic oxidation sites excluding steroid dienone is 4. The van der Waals surface area contributed by atoms with Gasteiger partial charge in [0.05, 0.1) is 0 Å². The third-order valence-electron chi connectivity index (χ3n) is 8.06. The first kappa shape index (κ1) is 45.3. The average molecular weight is 655 g/mol. The topological polar surface area (TPSA) is 161 Å². The minimum Gasteiger partial charge on any atom is -0.476 e. The third-order valence-corrected chi connectivity index (χ3v) is 8.06. The van der Waals surface area contributed by atoms with Gasteiger partial charge in [-0.05, 0) is 51.4 Å². The fourth-order valence-corrected chi connectivity index (χ4v) is 5.11. The second-order valence-corrected chi connectivity index (χ2v) is 12.3. The van der Waals surface area contributed by atoms with Gasteiger partial charge in [0.15, 0.2) is 0 Å². The van der Waals surface area contributed by atoms with Crippen molar-refractivity contribution < 1.29 is 29.6 Å². The summed E-state index contributed by atoms with van der Waals surface area (Å²) in [4.78, 5) is 40.9. The number of carbonyl (C=O) groups is 2. The van der Waals surface area contributed by atoms with Crippen LogP contribution in [-0.2, 0) is 9.59 Å². The van der Waals surface area contributed by atoms with Crippen LogP contribution in [-0.4, -0.2) is 44.1 Å². The first-order valence-electron chi connectivity index (χ1n) is 18.2. The highest BCUT2D eigenvalue weighted by Gasteiger charge is 2.28. The van der Waals surface area contributed by atoms with Crippen molar-refractivity contribution in [2.45, 2.75) is 193 Å². The van der Waals surface area contributed by atoms with Gasteiger partial charge in [-0.1, -0.05) is 141 Å². The van der Waals surface area contributed by atoms with E-state index in [0.717, 1.165) is 25.7 Å². The second-order valence-electron chi connectivity index (χ2n) is 12.3. The van der Waals surface area contributed by atoms with E-state index in [2.05, 4.69) is 26.0 Å². The maximum absolute atomic E-state index is 10.6. The van der Waals surface area contributed by atoms with Crippen LogP contribution in [0.3, 0.4) is 0 Å². The van der Waals surface area contributed by atoms with E-state index in [4.69, 9.17) is 10.2 Å². The molecule has 0 fully saturated rings. The van der Waals surface area contributed by atoms with Gasteiger partial charge >= 0.3 is 24.0 Å². The number of carboxylic acids is 2. The number of hydrogen-bond acceptors (Lipinski definition) is 6. The van der Waals surface area contributed by atoms with Crippen molar-refractivity contribution in [1.82, 2.24) is 0 Å². The molecule has 0 heterocycles. The molecule has 0 aliphatic rings. The zero-order chi connectivity index (χ0) is 34.7. The third kappa shape index (κ3) is 32.6. The highest BCUT2D eigenvalue weighted by atomic mass is 16.6. The lowest BCUT2D eigenvalue weighted by Gasteiger charge is -2.02. The Labute approximate surface area is 278 Å². The first-order chi connectivity index (χ1) is 22.2. The van der Waals surface area contributed by atoms with E-state index in [-0.39, 0.29) is 12.8 Å². The summed E-state index contributed by atoms with van der Waals surface area (Å²) in [6, 6.07) is -2.92. The summed E-state index contributed by atoms with van der Waals surface area (Å²) >= 11 is 0. The lowest BCUT2D eigenvalue weighted by molar-refractivity contribution is -0.511. The molecule has 0 spiro atoms. The van der Waals surface area contributed by atoms with Gasteiger partial charge in [-0.3, -0.25) is 20.2 Å². The van der Waals surface area contributed by atoms with E-state index in [1.807, 2.05) is 12.2 Å². The normalized spacial score (nSPS) is 12.6. The second kappa shape index (κ2) is 35.1. The lowest BCUT2D eigenvalue weighted by atomic mass is 10.1. The fourth-order valence-electron chi connectivity index (χ4n) is 5.11. The first-order valence-corrected chi connectivity index (χ1v) is 18.2. The van der Waals surface area contributed by atoms with Crippen LogP contribution in [0.4, 0.5) is 0 Å². The number of nitro groups is 2. The zero-order valence-corrected chi connectivity index (χ0v) is 29.1. The molecule has 0 saturated heterocycles. The van der Waals surface area contributed by atoms with Crippen molar-refractivity contribution in [1.29, 1.82) is 0 Å². The van der Waals surface area contributed by atoms with E-state index in [0.29, 0.717) is 12.8 Å². The van der Waals surface area contributed by atoms with Gasteiger partial charge in [0.2, 0.25) is 0 Å². The van der Waals surface area contributed by atoms with Crippen molar-refractivity contribution in [2.75, 3.05) is 0 Å². The monoisotopic (exact) mass is 654 g/mol. The van der Waals surface area contributed by atoms with Gasteiger partial charge in [-0.15, -0.1) is 0 Å². The van der Waals surface area contributed by atoms with Gasteiger partial charge in [0.25, 0.3) is 0 Å². The summed E-state index contributed by atoms with van der Waals surface area (Å²) in [6.45, 7) is 4.47. The van der Waals surface area contributed by atoms with Crippen LogP contribution in [0, 0.1) is 20.2 Å². The summed E-state index contributed by atoms with van der Waals surface area (Å²) in [5.74, 6) is -2.68. The lowest BCUT2D eigenvalue weighted by Crippen LogP contribution is -2.28. The van der Waals surface area contributed by atoms with E-state index in [1.54, 1.807) is 0 Å². The number of nitrogens with zero attached hydrogens (tertiary/aromatic N) is 2. The smallest absolute Gasteiger partial charge is 0.379 e. The summed E-state index contributed by atoms with van der Waals surface area (Å²) in [5, 5.41) is 38.4. The summed E-state index contributed by atoms with van der Waals surface area (Å²) in [6.07, 6.45) is 36.8. The number of aliphatic carboxylic acids is 2. The number of hydrogen-bond donors (Lipinski definition) is 2. The van der Waals surface area contributed by atoms with E-state index >= 15 is 0 Å². The van der Waals surface area contributed by atoms with Crippen molar-refractivity contribution >= 4 is 11.9 Å². The largest absolute Gasteiger partial charge is 0.476 e. The Morgan fingerprint density at radius 2 is 0.717 bits per heavy atom. The predicted octanol–water partition coefficient (Wildman–Crippen LogP) is 10.7. The standard InChI is InChI=1S/2C18H33NO4/c2*1-2-3-4-5-6-7-8-9-10-11-12-13-14-15-16-17(18(20)21)19(22)23/h2*12-13,17H,2-11,14-16H2,1H3,(H,20,21)/b2*13-12-. The number of carboxylic acid groups (broad SMARTS) is 2. The van der Waals surface area contributed by atoms with E-state index in [1.165, 1.54) is 116 Å². The summed E-state index contributed by atoms with van der Waals surface area (Å²) in [5.41, 5.74) is 0. The highest BCUT2D eigenvalue weighted by molar-refractivity contribution is 5.72. The Morgan fingerprint density at radius 3 is 0.957 bits per heavy atom. The molecule has 0 rings (SSSR count). The van der Waals surface area contributed by atoms with Crippen molar-refractivity contribution in [3.8, 4) is 0 Å².